The van der Waals surface area contributed by atoms with E-state index in [1.165, 1.54) is 39.0 Å². The summed E-state index contributed by atoms with van der Waals surface area (Å²) in [6, 6.07) is 31.4. The molecule has 0 saturated heterocycles. The van der Waals surface area contributed by atoms with E-state index in [1.54, 1.807) is 6.08 Å². The van der Waals surface area contributed by atoms with Crippen molar-refractivity contribution in [1.82, 2.24) is 0 Å². The molecule has 3 aromatic rings. The fraction of sp³-hybridized carbons (Fsp3) is 0.240. The Morgan fingerprint density at radius 1 is 0.769 bits per heavy atom. The Morgan fingerprint density at radius 2 is 1.44 bits per heavy atom. The highest BCUT2D eigenvalue weighted by Crippen LogP contribution is 2.32. The van der Waals surface area contributed by atoms with Gasteiger partial charge >= 0.3 is 0 Å². The lowest BCUT2D eigenvalue weighted by atomic mass is 9.83. The molecular weight excluding hydrogens is 629 g/mol. The van der Waals surface area contributed by atoms with E-state index in [4.69, 9.17) is 5.26 Å². The molecule has 0 saturated carbocycles. The zero-order chi connectivity index (χ0) is 37.8. The molecule has 2 heteroatoms. The molecule has 3 aromatic carbocycles. The van der Waals surface area contributed by atoms with Crippen LogP contribution < -0.4 is 0 Å². The third-order valence-corrected chi connectivity index (χ3v) is 8.81. The molecule has 0 radical (unpaired) electrons. The Balaban J connectivity index is 2.03. The van der Waals surface area contributed by atoms with Gasteiger partial charge in [0.2, 0.25) is 0 Å². The van der Waals surface area contributed by atoms with Gasteiger partial charge in [-0.1, -0.05) is 162 Å². The maximum Gasteiger partial charge on any atom is 0.0991 e. The standard InChI is InChI=1S/C50H54N2/c1-8-10-23-45(43(9-2)24-15-12-18-33-51)27-17-16-21-41(31-32-49(50(5,6)7)35-40(4)44-25-13-11-14-26-44)34-39(3)46-28-20-30-48(37-46)47-29-19-22-42(36-47)38-52/h8,10-15,19-30,32,34-37H,1,9,16-18,31H2,2-7H3/b15-12-,23-10-,39-34+,40-35+,41-21-,43-24+,45-27+,49-32+. The van der Waals surface area contributed by atoms with E-state index in [1.807, 2.05) is 36.4 Å². The molecule has 0 bridgehead atoms. The highest BCUT2D eigenvalue weighted by Gasteiger charge is 2.15. The molecule has 0 aromatic heterocycles. The quantitative estimate of drug-likeness (QED) is 0.111. The van der Waals surface area contributed by atoms with Crippen molar-refractivity contribution in [3.05, 3.63) is 191 Å². The molecule has 0 amide bonds. The van der Waals surface area contributed by atoms with Crippen LogP contribution in [0.15, 0.2) is 175 Å². The second-order valence-corrected chi connectivity index (χ2v) is 13.9. The van der Waals surface area contributed by atoms with Crippen molar-refractivity contribution in [1.29, 1.82) is 10.5 Å². The number of unbranched alkanes of at least 4 members (excludes halogenated alkanes) is 1. The second-order valence-electron chi connectivity index (χ2n) is 13.9. The lowest BCUT2D eigenvalue weighted by molar-refractivity contribution is 0.515. The molecule has 0 heterocycles. The molecule has 0 aliphatic heterocycles. The van der Waals surface area contributed by atoms with Crippen LogP contribution in [0, 0.1) is 28.1 Å². The summed E-state index contributed by atoms with van der Waals surface area (Å²) >= 11 is 0. The zero-order valence-corrected chi connectivity index (χ0v) is 32.0. The van der Waals surface area contributed by atoms with Crippen molar-refractivity contribution in [3.63, 3.8) is 0 Å². The monoisotopic (exact) mass is 682 g/mol. The highest BCUT2D eigenvalue weighted by molar-refractivity contribution is 5.74. The summed E-state index contributed by atoms with van der Waals surface area (Å²) in [6.45, 7) is 17.2. The van der Waals surface area contributed by atoms with Gasteiger partial charge in [0.05, 0.1) is 24.1 Å². The van der Waals surface area contributed by atoms with Crippen LogP contribution in [0.3, 0.4) is 0 Å². The Labute approximate surface area is 314 Å². The molecule has 3 rings (SSSR count). The van der Waals surface area contributed by atoms with Crippen molar-refractivity contribution >= 4 is 11.1 Å². The van der Waals surface area contributed by atoms with Gasteiger partial charge in [-0.3, -0.25) is 0 Å². The largest absolute Gasteiger partial charge is 0.198 e. The van der Waals surface area contributed by atoms with Crippen LogP contribution in [0.4, 0.5) is 0 Å². The first kappa shape index (κ1) is 40.7. The van der Waals surface area contributed by atoms with Gasteiger partial charge in [-0.15, -0.1) is 0 Å². The van der Waals surface area contributed by atoms with Crippen molar-refractivity contribution in [2.24, 2.45) is 5.41 Å². The number of benzene rings is 3. The lowest BCUT2D eigenvalue weighted by Gasteiger charge is -2.22. The first-order chi connectivity index (χ1) is 25.1. The zero-order valence-electron chi connectivity index (χ0n) is 32.0. The molecule has 0 fully saturated rings. The van der Waals surface area contributed by atoms with Gasteiger partial charge in [0, 0.05) is 0 Å². The predicted octanol–water partition coefficient (Wildman–Crippen LogP) is 14.3. The number of rotatable bonds is 16. The van der Waals surface area contributed by atoms with Crippen molar-refractivity contribution in [3.8, 4) is 23.3 Å². The summed E-state index contributed by atoms with van der Waals surface area (Å²) in [5.41, 5.74) is 12.6. The first-order valence-corrected chi connectivity index (χ1v) is 18.2. The highest BCUT2D eigenvalue weighted by atomic mass is 14.2. The third-order valence-electron chi connectivity index (χ3n) is 8.81. The van der Waals surface area contributed by atoms with Crippen LogP contribution in [0.2, 0.25) is 0 Å². The summed E-state index contributed by atoms with van der Waals surface area (Å²) in [4.78, 5) is 0. The van der Waals surface area contributed by atoms with Crippen molar-refractivity contribution in [2.45, 2.75) is 73.6 Å². The average molecular weight is 683 g/mol. The van der Waals surface area contributed by atoms with Gasteiger partial charge in [0.1, 0.15) is 0 Å². The number of hydrogen-bond acceptors (Lipinski definition) is 2. The van der Waals surface area contributed by atoms with E-state index in [2.05, 4.69) is 163 Å². The van der Waals surface area contributed by atoms with Crippen LogP contribution >= 0.6 is 0 Å². The second kappa shape index (κ2) is 21.5. The van der Waals surface area contributed by atoms with Crippen LogP contribution in [0.1, 0.15) is 90.3 Å². The van der Waals surface area contributed by atoms with E-state index in [0.29, 0.717) is 12.0 Å². The minimum atomic E-state index is -0.0219. The maximum atomic E-state index is 9.45. The van der Waals surface area contributed by atoms with Crippen molar-refractivity contribution in [2.75, 3.05) is 0 Å². The summed E-state index contributed by atoms with van der Waals surface area (Å²) < 4.78 is 0. The number of hydrogen-bond donors (Lipinski definition) is 0. The smallest absolute Gasteiger partial charge is 0.0991 e. The Bertz CT molecular complexity index is 1980. The van der Waals surface area contributed by atoms with Crippen LogP contribution in [-0.4, -0.2) is 0 Å². The van der Waals surface area contributed by atoms with Gasteiger partial charge in [-0.2, -0.15) is 10.5 Å². The molecular formula is C50H54N2. The van der Waals surface area contributed by atoms with Gasteiger partial charge in [-0.05, 0) is 119 Å². The molecule has 0 aliphatic carbocycles. The van der Waals surface area contributed by atoms with Crippen molar-refractivity contribution < 1.29 is 0 Å². The SMILES string of the molecule is C=C\C=C/C(=C\CC/C=C(\C=C(/C)c1cccc(-c2cccc(C#N)c2)c1)C/C=C(\C=C(/C)c1ccccc1)C(C)(C)C)C(=C/C=C\CC#N)/CC. The molecule has 0 unspecified atom stereocenters. The normalized spacial score (nSPS) is 13.8. The molecule has 52 heavy (non-hydrogen) atoms. The summed E-state index contributed by atoms with van der Waals surface area (Å²) in [7, 11) is 0. The molecule has 0 aliphatic rings. The van der Waals surface area contributed by atoms with Gasteiger partial charge in [-0.25, -0.2) is 0 Å². The first-order valence-electron chi connectivity index (χ1n) is 18.2. The Kier molecular flexibility index (Phi) is 16.8. The fourth-order valence-electron chi connectivity index (χ4n) is 5.81. The molecule has 0 N–H and O–H groups in total. The van der Waals surface area contributed by atoms with E-state index in [-0.39, 0.29) is 5.41 Å². The maximum absolute atomic E-state index is 9.45. The van der Waals surface area contributed by atoms with Gasteiger partial charge in [0.25, 0.3) is 0 Å². The fourth-order valence-corrected chi connectivity index (χ4v) is 5.81. The summed E-state index contributed by atoms with van der Waals surface area (Å²) in [6.07, 6.45) is 27.5. The van der Waals surface area contributed by atoms with E-state index >= 15 is 0 Å². The minimum Gasteiger partial charge on any atom is -0.198 e. The number of allylic oxidation sites excluding steroid dienone is 17. The van der Waals surface area contributed by atoms with Gasteiger partial charge in [0.15, 0.2) is 0 Å². The topological polar surface area (TPSA) is 47.6 Å². The van der Waals surface area contributed by atoms with E-state index in [0.717, 1.165) is 42.4 Å². The third kappa shape index (κ3) is 13.5. The molecule has 264 valence electrons. The van der Waals surface area contributed by atoms with E-state index in [9.17, 15) is 5.26 Å². The Hall–Kier alpha value is -5.70. The number of nitrogens with zero attached hydrogens (tertiary/aromatic N) is 2. The molecule has 0 spiro atoms. The van der Waals surface area contributed by atoms with E-state index < -0.39 is 0 Å². The predicted molar refractivity (Wildman–Crippen MR) is 225 cm³/mol. The minimum absolute atomic E-state index is 0.0219. The summed E-state index contributed by atoms with van der Waals surface area (Å²) in [5, 5.41) is 18.4. The van der Waals surface area contributed by atoms with Crippen LogP contribution in [-0.2, 0) is 0 Å². The lowest BCUT2D eigenvalue weighted by Crippen LogP contribution is -2.08. The molecule has 0 atom stereocenters. The average Bonchev–Trinajstić information content (AvgIpc) is 3.16. The van der Waals surface area contributed by atoms with Crippen LogP contribution in [0.25, 0.3) is 22.3 Å². The molecule has 2 nitrogen and oxygen atoms in total. The van der Waals surface area contributed by atoms with Gasteiger partial charge < -0.3 is 0 Å². The summed E-state index contributed by atoms with van der Waals surface area (Å²) in [5.74, 6) is 0. The van der Waals surface area contributed by atoms with Crippen LogP contribution in [0.5, 0.6) is 0 Å². The Morgan fingerprint density at radius 3 is 2.12 bits per heavy atom. The number of nitriles is 2.